The Hall–Kier alpha value is -0.820. The van der Waals surface area contributed by atoms with Crippen LogP contribution in [0.4, 0.5) is 0 Å². The summed E-state index contributed by atoms with van der Waals surface area (Å²) in [6, 6.07) is 6.64. The van der Waals surface area contributed by atoms with Gasteiger partial charge in [0.15, 0.2) is 0 Å². The van der Waals surface area contributed by atoms with Crippen molar-refractivity contribution in [2.24, 2.45) is 0 Å². The fourth-order valence-electron chi connectivity index (χ4n) is 1.78. The highest BCUT2D eigenvalue weighted by Crippen LogP contribution is 2.26. The molecule has 78 valence electrons. The van der Waals surface area contributed by atoms with Crippen LogP contribution in [0.2, 0.25) is 0 Å². The minimum Gasteiger partial charge on any atom is -0.376 e. The van der Waals surface area contributed by atoms with Crippen molar-refractivity contribution < 1.29 is 4.74 Å². The zero-order valence-electron chi connectivity index (χ0n) is 9.63. The van der Waals surface area contributed by atoms with Gasteiger partial charge in [-0.1, -0.05) is 44.5 Å². The van der Waals surface area contributed by atoms with Gasteiger partial charge in [-0.2, -0.15) is 0 Å². The molecule has 0 N–H and O–H groups in total. The van der Waals surface area contributed by atoms with Gasteiger partial charge in [0.05, 0.1) is 13.2 Å². The third kappa shape index (κ3) is 2.36. The van der Waals surface area contributed by atoms with Gasteiger partial charge < -0.3 is 4.74 Å². The van der Waals surface area contributed by atoms with E-state index in [0.29, 0.717) is 5.92 Å². The molecule has 0 bridgehead atoms. The summed E-state index contributed by atoms with van der Waals surface area (Å²) in [6.07, 6.45) is 0. The van der Waals surface area contributed by atoms with Gasteiger partial charge in [0.2, 0.25) is 0 Å². The maximum atomic E-state index is 5.46. The van der Waals surface area contributed by atoms with Gasteiger partial charge >= 0.3 is 0 Å². The molecule has 1 aromatic carbocycles. The Balaban J connectivity index is 0.000000461. The summed E-state index contributed by atoms with van der Waals surface area (Å²) < 4.78 is 5.46. The molecule has 1 aliphatic rings. The third-order valence-electron chi connectivity index (χ3n) is 2.45. The second-order valence-corrected chi connectivity index (χ2v) is 3.62. The molecule has 0 fully saturated rings. The van der Waals surface area contributed by atoms with Gasteiger partial charge in [-0.25, -0.2) is 0 Å². The second kappa shape index (κ2) is 5.16. The average molecular weight is 192 g/mol. The molecule has 14 heavy (non-hydrogen) atoms. The number of hydrogen-bond donors (Lipinski definition) is 0. The molecule has 1 heterocycles. The lowest BCUT2D eigenvalue weighted by molar-refractivity contribution is 0.0950. The van der Waals surface area contributed by atoms with Crippen LogP contribution in [0, 0.1) is 6.92 Å². The largest absolute Gasteiger partial charge is 0.376 e. The van der Waals surface area contributed by atoms with Crippen molar-refractivity contribution in [3.63, 3.8) is 0 Å². The quantitative estimate of drug-likeness (QED) is 0.609. The minimum absolute atomic E-state index is 0.564. The van der Waals surface area contributed by atoms with Crippen molar-refractivity contribution in [1.29, 1.82) is 0 Å². The van der Waals surface area contributed by atoms with E-state index in [9.17, 15) is 0 Å². The zero-order chi connectivity index (χ0) is 10.6. The number of rotatable bonds is 0. The van der Waals surface area contributed by atoms with E-state index in [1.54, 1.807) is 0 Å². The van der Waals surface area contributed by atoms with E-state index < -0.39 is 0 Å². The molecule has 0 amide bonds. The van der Waals surface area contributed by atoms with Crippen LogP contribution in [-0.4, -0.2) is 6.61 Å². The lowest BCUT2D eigenvalue weighted by Gasteiger charge is -2.22. The maximum absolute atomic E-state index is 5.46. The zero-order valence-corrected chi connectivity index (χ0v) is 9.63. The van der Waals surface area contributed by atoms with Crippen molar-refractivity contribution in [3.05, 3.63) is 34.9 Å². The van der Waals surface area contributed by atoms with Crippen molar-refractivity contribution in [1.82, 2.24) is 0 Å². The molecular formula is C13H20O. The normalized spacial score (nSPS) is 19.3. The second-order valence-electron chi connectivity index (χ2n) is 3.62. The van der Waals surface area contributed by atoms with Gasteiger partial charge in [-0.05, 0) is 18.1 Å². The van der Waals surface area contributed by atoms with Crippen molar-refractivity contribution in [2.75, 3.05) is 6.61 Å². The Morgan fingerprint density at radius 3 is 2.71 bits per heavy atom. The minimum atomic E-state index is 0.564. The molecule has 1 aromatic rings. The molecule has 2 rings (SSSR count). The summed E-state index contributed by atoms with van der Waals surface area (Å²) in [4.78, 5) is 0. The fraction of sp³-hybridized carbons (Fsp3) is 0.538. The van der Waals surface area contributed by atoms with E-state index in [-0.39, 0.29) is 0 Å². The Bertz CT molecular complexity index is 291. The van der Waals surface area contributed by atoms with Crippen LogP contribution < -0.4 is 0 Å². The lowest BCUT2D eigenvalue weighted by Crippen LogP contribution is -2.13. The SMILES string of the molecule is CC.Cc1ccc2c(c1)COC[C@H]2C. The summed E-state index contributed by atoms with van der Waals surface area (Å²) >= 11 is 0. The van der Waals surface area contributed by atoms with Crippen molar-refractivity contribution in [3.8, 4) is 0 Å². The summed E-state index contributed by atoms with van der Waals surface area (Å²) in [7, 11) is 0. The highest BCUT2D eigenvalue weighted by molar-refractivity contribution is 5.34. The lowest BCUT2D eigenvalue weighted by atomic mass is 9.93. The number of ether oxygens (including phenoxy) is 1. The van der Waals surface area contributed by atoms with Crippen LogP contribution >= 0.6 is 0 Å². The van der Waals surface area contributed by atoms with Gasteiger partial charge in [-0.15, -0.1) is 0 Å². The molecule has 1 atom stereocenters. The summed E-state index contributed by atoms with van der Waals surface area (Å²) in [5.74, 6) is 0.564. The first-order valence-electron chi connectivity index (χ1n) is 5.44. The first-order chi connectivity index (χ1) is 6.77. The predicted octanol–water partition coefficient (Wildman–Crippen LogP) is 3.65. The van der Waals surface area contributed by atoms with E-state index in [2.05, 4.69) is 32.0 Å². The first kappa shape index (κ1) is 11.3. The van der Waals surface area contributed by atoms with Crippen molar-refractivity contribution in [2.45, 2.75) is 40.2 Å². The van der Waals surface area contributed by atoms with Gasteiger partial charge in [0, 0.05) is 5.92 Å². The topological polar surface area (TPSA) is 9.23 Å². The molecule has 1 nitrogen and oxygen atoms in total. The van der Waals surface area contributed by atoms with Crippen LogP contribution in [0.3, 0.4) is 0 Å². The fourth-order valence-corrected chi connectivity index (χ4v) is 1.78. The first-order valence-corrected chi connectivity index (χ1v) is 5.44. The Kier molecular flexibility index (Phi) is 4.15. The molecule has 0 saturated carbocycles. The molecular weight excluding hydrogens is 172 g/mol. The van der Waals surface area contributed by atoms with Crippen LogP contribution in [0.25, 0.3) is 0 Å². The Morgan fingerprint density at radius 1 is 1.29 bits per heavy atom. The van der Waals surface area contributed by atoms with Crippen molar-refractivity contribution >= 4 is 0 Å². The van der Waals surface area contributed by atoms with Crippen LogP contribution in [-0.2, 0) is 11.3 Å². The molecule has 1 heteroatoms. The highest BCUT2D eigenvalue weighted by Gasteiger charge is 2.15. The number of hydrogen-bond acceptors (Lipinski definition) is 1. The molecule has 0 aliphatic carbocycles. The summed E-state index contributed by atoms with van der Waals surface area (Å²) in [5, 5.41) is 0. The van der Waals surface area contributed by atoms with E-state index in [1.165, 1.54) is 16.7 Å². The van der Waals surface area contributed by atoms with Crippen LogP contribution in [0.5, 0.6) is 0 Å². The van der Waals surface area contributed by atoms with Gasteiger partial charge in [0.25, 0.3) is 0 Å². The van der Waals surface area contributed by atoms with Gasteiger partial charge in [-0.3, -0.25) is 0 Å². The number of fused-ring (bicyclic) bond motifs is 1. The van der Waals surface area contributed by atoms with E-state index in [1.807, 2.05) is 13.8 Å². The highest BCUT2D eigenvalue weighted by atomic mass is 16.5. The monoisotopic (exact) mass is 192 g/mol. The maximum Gasteiger partial charge on any atom is 0.0720 e. The molecule has 1 aliphatic heterocycles. The molecule has 0 spiro atoms. The van der Waals surface area contributed by atoms with E-state index in [4.69, 9.17) is 4.74 Å². The molecule has 0 aromatic heterocycles. The predicted molar refractivity (Wildman–Crippen MR) is 60.6 cm³/mol. The summed E-state index contributed by atoms with van der Waals surface area (Å²) in [6.45, 7) is 10.0. The Labute approximate surface area is 87.1 Å². The van der Waals surface area contributed by atoms with Crippen LogP contribution in [0.15, 0.2) is 18.2 Å². The molecule has 0 saturated heterocycles. The molecule has 0 unspecified atom stereocenters. The standard InChI is InChI=1S/C11H14O.C2H6/c1-8-3-4-11-9(2)6-12-7-10(11)5-8;1-2/h3-5,9H,6-7H2,1-2H3;1-2H3/t9-;/m1./s1. The average Bonchev–Trinajstić information content (AvgIpc) is 2.21. The molecule has 0 radical (unpaired) electrons. The Morgan fingerprint density at radius 2 is 2.00 bits per heavy atom. The summed E-state index contributed by atoms with van der Waals surface area (Å²) in [5.41, 5.74) is 4.16. The number of benzene rings is 1. The van der Waals surface area contributed by atoms with Gasteiger partial charge in [0.1, 0.15) is 0 Å². The number of aryl methyl sites for hydroxylation is 1. The smallest absolute Gasteiger partial charge is 0.0720 e. The van der Waals surface area contributed by atoms with Crippen LogP contribution in [0.1, 0.15) is 43.4 Å². The third-order valence-corrected chi connectivity index (χ3v) is 2.45. The van der Waals surface area contributed by atoms with E-state index >= 15 is 0 Å². The van der Waals surface area contributed by atoms with E-state index in [0.717, 1.165) is 13.2 Å².